The predicted octanol–water partition coefficient (Wildman–Crippen LogP) is 4.12. The first kappa shape index (κ1) is 23.8. The monoisotopic (exact) mass is 467 g/mol. The van der Waals surface area contributed by atoms with Crippen molar-refractivity contribution in [3.05, 3.63) is 59.0 Å². The second kappa shape index (κ2) is 11.1. The first-order chi connectivity index (χ1) is 15.9. The van der Waals surface area contributed by atoms with Crippen molar-refractivity contribution in [2.45, 2.75) is 13.5 Å². The number of carbonyl (C=O) groups is 2. The molecule has 0 unspecified atom stereocenters. The van der Waals surface area contributed by atoms with Crippen LogP contribution in [0.3, 0.4) is 0 Å². The van der Waals surface area contributed by atoms with Gasteiger partial charge < -0.3 is 19.5 Å². The minimum absolute atomic E-state index is 0.0710. The summed E-state index contributed by atoms with van der Waals surface area (Å²) in [5.74, 6) is 1.11. The number of carbonyl (C=O) groups excluding carboxylic acids is 2. The van der Waals surface area contributed by atoms with E-state index < -0.39 is 0 Å². The van der Waals surface area contributed by atoms with Gasteiger partial charge in [-0.25, -0.2) is 4.98 Å². The van der Waals surface area contributed by atoms with Gasteiger partial charge in [-0.05, 0) is 29.3 Å². The Bertz CT molecular complexity index is 1130. The number of nitrogens with zero attached hydrogens (tertiary/aromatic N) is 1. The number of amides is 2. The van der Waals surface area contributed by atoms with Crippen LogP contribution >= 0.6 is 11.3 Å². The van der Waals surface area contributed by atoms with Gasteiger partial charge in [-0.2, -0.15) is 0 Å². The van der Waals surface area contributed by atoms with E-state index in [2.05, 4.69) is 15.6 Å². The lowest BCUT2D eigenvalue weighted by molar-refractivity contribution is -0.119. The highest BCUT2D eigenvalue weighted by molar-refractivity contribution is 7.14. The van der Waals surface area contributed by atoms with Gasteiger partial charge in [0.25, 0.3) is 0 Å². The normalized spacial score (nSPS) is 10.7. The van der Waals surface area contributed by atoms with Gasteiger partial charge in [0.05, 0.1) is 27.0 Å². The average Bonchev–Trinajstić information content (AvgIpc) is 3.29. The van der Waals surface area contributed by atoms with E-state index in [4.69, 9.17) is 14.2 Å². The summed E-state index contributed by atoms with van der Waals surface area (Å²) < 4.78 is 16.0. The van der Waals surface area contributed by atoms with Crippen LogP contribution in [0.4, 0.5) is 5.13 Å². The molecule has 0 bridgehead atoms. The maximum absolute atomic E-state index is 12.4. The van der Waals surface area contributed by atoms with E-state index in [0.29, 0.717) is 28.9 Å². The summed E-state index contributed by atoms with van der Waals surface area (Å²) >= 11 is 1.34. The first-order valence-corrected chi connectivity index (χ1v) is 10.9. The van der Waals surface area contributed by atoms with E-state index in [9.17, 15) is 9.59 Å². The van der Waals surface area contributed by atoms with Crippen molar-refractivity contribution >= 4 is 34.4 Å². The molecular weight excluding hydrogens is 442 g/mol. The molecule has 3 rings (SSSR count). The number of anilines is 1. The fraction of sp³-hybridized carbons (Fsp3) is 0.208. The summed E-state index contributed by atoms with van der Waals surface area (Å²) in [6.45, 7) is 1.96. The molecule has 0 saturated carbocycles. The molecule has 1 heterocycles. The van der Waals surface area contributed by atoms with Crippen LogP contribution in [0.2, 0.25) is 0 Å². The molecule has 0 saturated heterocycles. The van der Waals surface area contributed by atoms with Gasteiger partial charge in [0.1, 0.15) is 0 Å². The van der Waals surface area contributed by atoms with Crippen molar-refractivity contribution in [2.24, 2.45) is 0 Å². The van der Waals surface area contributed by atoms with Gasteiger partial charge in [0, 0.05) is 30.5 Å². The average molecular weight is 468 g/mol. The Kier molecular flexibility index (Phi) is 8.04. The van der Waals surface area contributed by atoms with Crippen molar-refractivity contribution in [2.75, 3.05) is 26.6 Å². The number of ether oxygens (including phenoxy) is 3. The third-order valence-electron chi connectivity index (χ3n) is 4.64. The van der Waals surface area contributed by atoms with Crippen LogP contribution in [0.5, 0.6) is 17.2 Å². The van der Waals surface area contributed by atoms with Crippen LogP contribution in [0.1, 0.15) is 18.1 Å². The number of hydrogen-bond donors (Lipinski definition) is 2. The Morgan fingerprint density at radius 3 is 2.27 bits per heavy atom. The van der Waals surface area contributed by atoms with Crippen molar-refractivity contribution in [1.82, 2.24) is 10.3 Å². The highest BCUT2D eigenvalue weighted by Gasteiger charge is 2.12. The number of hydrogen-bond acceptors (Lipinski definition) is 7. The second-order valence-electron chi connectivity index (χ2n) is 6.93. The van der Waals surface area contributed by atoms with Crippen molar-refractivity contribution in [1.29, 1.82) is 0 Å². The van der Waals surface area contributed by atoms with Gasteiger partial charge in [0.15, 0.2) is 16.6 Å². The number of benzene rings is 2. The number of aromatic nitrogens is 1. The molecule has 0 aliphatic heterocycles. The molecule has 0 fully saturated rings. The summed E-state index contributed by atoms with van der Waals surface area (Å²) in [6.07, 6.45) is 3.07. The largest absolute Gasteiger partial charge is 0.493 e. The summed E-state index contributed by atoms with van der Waals surface area (Å²) in [4.78, 5) is 27.9. The van der Waals surface area contributed by atoms with Crippen LogP contribution in [0.15, 0.2) is 47.9 Å². The summed E-state index contributed by atoms with van der Waals surface area (Å²) in [5.41, 5.74) is 3.40. The third kappa shape index (κ3) is 6.33. The van der Waals surface area contributed by atoms with Crippen LogP contribution in [-0.2, 0) is 16.1 Å². The number of thiazole rings is 1. The zero-order valence-electron chi connectivity index (χ0n) is 18.8. The molecule has 8 nitrogen and oxygen atoms in total. The minimum atomic E-state index is -0.310. The zero-order valence-corrected chi connectivity index (χ0v) is 19.6. The molecular formula is C24H25N3O5S. The van der Waals surface area contributed by atoms with Gasteiger partial charge in [0.2, 0.25) is 17.6 Å². The van der Waals surface area contributed by atoms with E-state index in [0.717, 1.165) is 22.4 Å². The quantitative estimate of drug-likeness (QED) is 0.459. The molecule has 2 N–H and O–H groups in total. The molecule has 0 radical (unpaired) electrons. The molecule has 0 spiro atoms. The highest BCUT2D eigenvalue weighted by atomic mass is 32.1. The minimum Gasteiger partial charge on any atom is -0.493 e. The van der Waals surface area contributed by atoms with Crippen LogP contribution in [0.25, 0.3) is 17.3 Å². The maximum Gasteiger partial charge on any atom is 0.250 e. The number of nitrogens with one attached hydrogen (secondary N) is 2. The molecule has 9 heteroatoms. The molecule has 0 aliphatic rings. The molecule has 33 heavy (non-hydrogen) atoms. The SMILES string of the molecule is COc1cc(/C=C/C(=O)Nc2nc(-c3ccc(CNC(C)=O)cc3)cs2)cc(OC)c1OC. The fourth-order valence-corrected chi connectivity index (χ4v) is 3.72. The second-order valence-corrected chi connectivity index (χ2v) is 7.78. The Morgan fingerprint density at radius 2 is 1.70 bits per heavy atom. The summed E-state index contributed by atoms with van der Waals surface area (Å²) in [7, 11) is 4.61. The standard InChI is InChI=1S/C24H25N3O5S/c1-15(28)25-13-16-5-8-18(9-6-16)19-14-33-24(26-19)27-22(29)10-7-17-11-20(30-2)23(32-4)21(12-17)31-3/h5-12,14H,13H2,1-4H3,(H,25,28)(H,26,27,29)/b10-7+. The van der Waals surface area contributed by atoms with E-state index in [1.165, 1.54) is 45.7 Å². The first-order valence-electron chi connectivity index (χ1n) is 10.0. The zero-order chi connectivity index (χ0) is 23.8. The van der Waals surface area contributed by atoms with E-state index in [-0.39, 0.29) is 11.8 Å². The van der Waals surface area contributed by atoms with Crippen LogP contribution < -0.4 is 24.8 Å². The van der Waals surface area contributed by atoms with Gasteiger partial charge in [-0.1, -0.05) is 24.3 Å². The van der Waals surface area contributed by atoms with Crippen molar-refractivity contribution in [3.8, 4) is 28.5 Å². The molecule has 1 aromatic heterocycles. The molecule has 0 atom stereocenters. The molecule has 0 aliphatic carbocycles. The summed E-state index contributed by atoms with van der Waals surface area (Å²) in [6, 6.07) is 11.2. The third-order valence-corrected chi connectivity index (χ3v) is 5.40. The number of methoxy groups -OCH3 is 3. The van der Waals surface area contributed by atoms with Crippen molar-refractivity contribution < 1.29 is 23.8 Å². The van der Waals surface area contributed by atoms with E-state index in [1.54, 1.807) is 18.2 Å². The molecule has 2 aromatic carbocycles. The molecule has 2 amide bonds. The van der Waals surface area contributed by atoms with Gasteiger partial charge >= 0.3 is 0 Å². The Morgan fingerprint density at radius 1 is 1.03 bits per heavy atom. The fourth-order valence-electron chi connectivity index (χ4n) is 3.00. The van der Waals surface area contributed by atoms with Gasteiger partial charge in [-0.3, -0.25) is 14.9 Å². The smallest absolute Gasteiger partial charge is 0.250 e. The topological polar surface area (TPSA) is 98.8 Å². The summed E-state index contributed by atoms with van der Waals surface area (Å²) in [5, 5.41) is 7.90. The molecule has 3 aromatic rings. The Hall–Kier alpha value is -3.85. The lowest BCUT2D eigenvalue weighted by atomic mass is 10.1. The lowest BCUT2D eigenvalue weighted by Crippen LogP contribution is -2.18. The Balaban J connectivity index is 1.65. The predicted molar refractivity (Wildman–Crippen MR) is 129 cm³/mol. The van der Waals surface area contributed by atoms with Crippen LogP contribution in [0, 0.1) is 0 Å². The highest BCUT2D eigenvalue weighted by Crippen LogP contribution is 2.38. The van der Waals surface area contributed by atoms with Crippen molar-refractivity contribution in [3.63, 3.8) is 0 Å². The number of rotatable bonds is 9. The maximum atomic E-state index is 12.4. The van der Waals surface area contributed by atoms with Gasteiger partial charge in [-0.15, -0.1) is 11.3 Å². The molecule has 172 valence electrons. The van der Waals surface area contributed by atoms with Crippen LogP contribution in [-0.4, -0.2) is 38.1 Å². The Labute approximate surface area is 196 Å². The van der Waals surface area contributed by atoms with E-state index in [1.807, 2.05) is 29.6 Å². The van der Waals surface area contributed by atoms with E-state index >= 15 is 0 Å². The lowest BCUT2D eigenvalue weighted by Gasteiger charge is -2.12.